The Kier molecular flexibility index (Phi) is 4.27. The number of nitrogens with zero attached hydrogens (tertiary/aromatic N) is 1. The van der Waals surface area contributed by atoms with Crippen molar-refractivity contribution in [1.82, 2.24) is 4.31 Å². The molecule has 6 heteroatoms. The van der Waals surface area contributed by atoms with Crippen LogP contribution in [0, 0.1) is 5.92 Å². The monoisotopic (exact) mass is 275 g/mol. The van der Waals surface area contributed by atoms with Crippen molar-refractivity contribution in [3.63, 3.8) is 0 Å². The topological polar surface area (TPSA) is 74.7 Å². The van der Waals surface area contributed by atoms with Crippen LogP contribution in [0.5, 0.6) is 0 Å². The van der Waals surface area contributed by atoms with E-state index in [2.05, 4.69) is 0 Å². The van der Waals surface area contributed by atoms with Gasteiger partial charge in [0.15, 0.2) is 0 Å². The third-order valence-electron chi connectivity index (χ3n) is 4.02. The van der Waals surface area contributed by atoms with Crippen molar-refractivity contribution in [1.29, 1.82) is 0 Å². The van der Waals surface area contributed by atoms with Crippen molar-refractivity contribution in [3.8, 4) is 0 Å². The van der Waals surface area contributed by atoms with Gasteiger partial charge in [0.05, 0.1) is 5.75 Å². The fourth-order valence-electron chi connectivity index (χ4n) is 3.07. The van der Waals surface area contributed by atoms with Crippen LogP contribution >= 0.6 is 0 Å². The van der Waals surface area contributed by atoms with Gasteiger partial charge in [0.25, 0.3) is 0 Å². The summed E-state index contributed by atoms with van der Waals surface area (Å²) in [6.07, 6.45) is 6.42. The molecule has 0 aromatic rings. The molecule has 104 valence electrons. The van der Waals surface area contributed by atoms with E-state index in [1.54, 1.807) is 0 Å². The first-order valence-electron chi connectivity index (χ1n) is 6.73. The molecule has 0 aromatic carbocycles. The second-order valence-electron chi connectivity index (χ2n) is 5.39. The first-order valence-corrected chi connectivity index (χ1v) is 8.34. The number of carboxylic acid groups (broad SMARTS) is 1. The lowest BCUT2D eigenvalue weighted by molar-refractivity contribution is -0.140. The van der Waals surface area contributed by atoms with Crippen LogP contribution in [-0.4, -0.2) is 42.1 Å². The van der Waals surface area contributed by atoms with Gasteiger partial charge in [-0.15, -0.1) is 0 Å². The minimum absolute atomic E-state index is 0.136. The van der Waals surface area contributed by atoms with Gasteiger partial charge in [-0.05, 0) is 31.6 Å². The van der Waals surface area contributed by atoms with Crippen LogP contribution < -0.4 is 0 Å². The zero-order chi connectivity index (χ0) is 13.2. The number of hydrogen-bond donors (Lipinski definition) is 1. The molecule has 18 heavy (non-hydrogen) atoms. The van der Waals surface area contributed by atoms with Crippen molar-refractivity contribution >= 4 is 16.0 Å². The Balaban J connectivity index is 2.03. The third kappa shape index (κ3) is 3.03. The zero-order valence-corrected chi connectivity index (χ0v) is 11.4. The second-order valence-corrected chi connectivity index (χ2v) is 7.36. The van der Waals surface area contributed by atoms with E-state index in [4.69, 9.17) is 5.11 Å². The predicted octanol–water partition coefficient (Wildman–Crippen LogP) is 1.45. The fraction of sp³-hybridized carbons (Fsp3) is 0.917. The molecule has 0 unspecified atom stereocenters. The number of aliphatic carboxylic acids is 1. The highest BCUT2D eigenvalue weighted by Crippen LogP contribution is 2.28. The summed E-state index contributed by atoms with van der Waals surface area (Å²) < 4.78 is 25.8. The molecular weight excluding hydrogens is 254 g/mol. The van der Waals surface area contributed by atoms with Crippen molar-refractivity contribution in [3.05, 3.63) is 0 Å². The maximum absolute atomic E-state index is 12.3. The van der Waals surface area contributed by atoms with Crippen molar-refractivity contribution in [2.75, 3.05) is 12.3 Å². The molecular formula is C12H21NO4S. The minimum atomic E-state index is -3.40. The number of carbonyl (C=O) groups is 1. The van der Waals surface area contributed by atoms with Crippen LogP contribution in [0.15, 0.2) is 0 Å². The van der Waals surface area contributed by atoms with Gasteiger partial charge in [-0.25, -0.2) is 8.42 Å². The van der Waals surface area contributed by atoms with Crippen LogP contribution in [0.2, 0.25) is 0 Å². The summed E-state index contributed by atoms with van der Waals surface area (Å²) in [6, 6.07) is -0.835. The second kappa shape index (κ2) is 5.57. The van der Waals surface area contributed by atoms with E-state index < -0.39 is 22.0 Å². The summed E-state index contributed by atoms with van der Waals surface area (Å²) in [5, 5.41) is 9.05. The van der Waals surface area contributed by atoms with E-state index in [9.17, 15) is 13.2 Å². The van der Waals surface area contributed by atoms with Gasteiger partial charge in [-0.2, -0.15) is 4.31 Å². The number of carboxylic acids is 1. The molecule has 1 heterocycles. The fourth-order valence-corrected chi connectivity index (χ4v) is 5.18. The molecule has 1 aliphatic carbocycles. The molecule has 1 saturated carbocycles. The lowest BCUT2D eigenvalue weighted by Gasteiger charge is -2.26. The van der Waals surface area contributed by atoms with Crippen molar-refractivity contribution in [2.24, 2.45) is 5.92 Å². The molecule has 2 aliphatic rings. The molecule has 1 saturated heterocycles. The summed E-state index contributed by atoms with van der Waals surface area (Å²) in [5.74, 6) is -0.657. The summed E-state index contributed by atoms with van der Waals surface area (Å²) in [5.41, 5.74) is 0. The van der Waals surface area contributed by atoms with Gasteiger partial charge in [0, 0.05) is 6.54 Å². The molecule has 1 N–H and O–H groups in total. The lowest BCUT2D eigenvalue weighted by Crippen LogP contribution is -2.42. The minimum Gasteiger partial charge on any atom is -0.480 e. The molecule has 2 rings (SSSR count). The Morgan fingerprint density at radius 1 is 1.11 bits per heavy atom. The molecule has 2 fully saturated rings. The van der Waals surface area contributed by atoms with Crippen LogP contribution in [-0.2, 0) is 14.8 Å². The Morgan fingerprint density at radius 3 is 2.39 bits per heavy atom. The number of sulfonamides is 1. The maximum Gasteiger partial charge on any atom is 0.322 e. The number of hydrogen-bond acceptors (Lipinski definition) is 3. The Bertz CT molecular complexity index is 400. The quantitative estimate of drug-likeness (QED) is 0.842. The van der Waals surface area contributed by atoms with E-state index in [1.165, 1.54) is 10.7 Å². The Labute approximate surface area is 108 Å². The van der Waals surface area contributed by atoms with Crippen LogP contribution in [0.4, 0.5) is 0 Å². The Hall–Kier alpha value is -0.620. The van der Waals surface area contributed by atoms with Gasteiger partial charge in [0.1, 0.15) is 6.04 Å². The summed E-state index contributed by atoms with van der Waals surface area (Å²) in [4.78, 5) is 11.0. The lowest BCUT2D eigenvalue weighted by atomic mass is 9.91. The van der Waals surface area contributed by atoms with E-state index >= 15 is 0 Å². The standard InChI is InChI=1S/C12H21NO4S/c14-12(15)11-7-4-8-13(11)18(16,17)9-10-5-2-1-3-6-10/h10-11H,1-9H2,(H,14,15)/t11-/m0/s1. The average molecular weight is 275 g/mol. The molecule has 1 atom stereocenters. The van der Waals surface area contributed by atoms with E-state index in [0.29, 0.717) is 19.4 Å². The molecule has 0 aromatic heterocycles. The molecule has 0 amide bonds. The van der Waals surface area contributed by atoms with Crippen LogP contribution in [0.25, 0.3) is 0 Å². The average Bonchev–Trinajstić information content (AvgIpc) is 2.79. The molecule has 0 radical (unpaired) electrons. The van der Waals surface area contributed by atoms with Gasteiger partial charge in [-0.1, -0.05) is 19.3 Å². The van der Waals surface area contributed by atoms with Gasteiger partial charge >= 0.3 is 5.97 Å². The normalized spacial score (nSPS) is 27.4. The first-order chi connectivity index (χ1) is 8.50. The highest BCUT2D eigenvalue weighted by atomic mass is 32.2. The van der Waals surface area contributed by atoms with Crippen molar-refractivity contribution in [2.45, 2.75) is 51.0 Å². The van der Waals surface area contributed by atoms with Gasteiger partial charge in [0.2, 0.25) is 10.0 Å². The summed E-state index contributed by atoms with van der Waals surface area (Å²) in [7, 11) is -3.40. The largest absolute Gasteiger partial charge is 0.480 e. The SMILES string of the molecule is O=C(O)[C@@H]1CCCN1S(=O)(=O)CC1CCCCC1. The summed E-state index contributed by atoms with van der Waals surface area (Å²) in [6.45, 7) is 0.367. The van der Waals surface area contributed by atoms with E-state index in [0.717, 1.165) is 25.7 Å². The molecule has 1 aliphatic heterocycles. The van der Waals surface area contributed by atoms with Gasteiger partial charge < -0.3 is 5.11 Å². The molecule has 0 bridgehead atoms. The maximum atomic E-state index is 12.3. The zero-order valence-electron chi connectivity index (χ0n) is 10.5. The van der Waals surface area contributed by atoms with E-state index in [1.807, 2.05) is 0 Å². The predicted molar refractivity (Wildman–Crippen MR) is 67.7 cm³/mol. The number of rotatable bonds is 4. The third-order valence-corrected chi connectivity index (χ3v) is 6.06. The Morgan fingerprint density at radius 2 is 1.78 bits per heavy atom. The highest BCUT2D eigenvalue weighted by Gasteiger charge is 2.39. The van der Waals surface area contributed by atoms with Crippen molar-refractivity contribution < 1.29 is 18.3 Å². The highest BCUT2D eigenvalue weighted by molar-refractivity contribution is 7.89. The molecule has 0 spiro atoms. The molecule has 5 nitrogen and oxygen atoms in total. The van der Waals surface area contributed by atoms with E-state index in [-0.39, 0.29) is 11.7 Å². The smallest absolute Gasteiger partial charge is 0.322 e. The van der Waals surface area contributed by atoms with Crippen LogP contribution in [0.1, 0.15) is 44.9 Å². The first kappa shape index (κ1) is 13.8. The summed E-state index contributed by atoms with van der Waals surface area (Å²) >= 11 is 0. The van der Waals surface area contributed by atoms with Gasteiger partial charge in [-0.3, -0.25) is 4.79 Å². The van der Waals surface area contributed by atoms with Crippen LogP contribution in [0.3, 0.4) is 0 Å².